The van der Waals surface area contributed by atoms with E-state index in [1.54, 1.807) is 29.1 Å². The summed E-state index contributed by atoms with van der Waals surface area (Å²) in [4.78, 5) is 22.4. The number of nitrogens with zero attached hydrogens (tertiary/aromatic N) is 5. The molecule has 0 radical (unpaired) electrons. The van der Waals surface area contributed by atoms with Crippen molar-refractivity contribution in [2.45, 2.75) is 26.4 Å². The number of aromatic nitrogens is 4. The summed E-state index contributed by atoms with van der Waals surface area (Å²) in [5.41, 5.74) is -0.551. The number of nitro groups is 1. The van der Waals surface area contributed by atoms with Crippen LogP contribution < -0.4 is 5.32 Å². The highest BCUT2D eigenvalue weighted by molar-refractivity contribution is 6.30. The van der Waals surface area contributed by atoms with Crippen molar-refractivity contribution in [3.8, 4) is 0 Å². The van der Waals surface area contributed by atoms with Crippen LogP contribution in [0.1, 0.15) is 23.4 Å². The topological polar surface area (TPSA) is 108 Å². The molecular weight excluding hydrogens is 410 g/mol. The van der Waals surface area contributed by atoms with E-state index in [0.29, 0.717) is 17.3 Å². The number of rotatable bonds is 7. The summed E-state index contributed by atoms with van der Waals surface area (Å²) in [6.45, 7) is 1.25. The van der Waals surface area contributed by atoms with E-state index in [2.05, 4.69) is 15.5 Å². The molecule has 0 saturated heterocycles. The van der Waals surface area contributed by atoms with Crippen molar-refractivity contribution < 1.29 is 18.5 Å². The third-order valence-electron chi connectivity index (χ3n) is 4.04. The second-order valence-corrected chi connectivity index (χ2v) is 6.58. The second kappa shape index (κ2) is 8.35. The first-order valence-electron chi connectivity index (χ1n) is 8.31. The zero-order valence-corrected chi connectivity index (χ0v) is 15.8. The van der Waals surface area contributed by atoms with Gasteiger partial charge in [-0.05, 0) is 24.6 Å². The predicted octanol–water partition coefficient (Wildman–Crippen LogP) is 3.57. The summed E-state index contributed by atoms with van der Waals surface area (Å²) < 4.78 is 28.5. The van der Waals surface area contributed by atoms with Gasteiger partial charge in [-0.1, -0.05) is 23.7 Å². The summed E-state index contributed by atoms with van der Waals surface area (Å²) in [6, 6.07) is 6.94. The fraction of sp³-hybridized carbons (Fsp3) is 0.235. The first kappa shape index (κ1) is 20.4. The maximum atomic E-state index is 13.0. The van der Waals surface area contributed by atoms with Crippen molar-refractivity contribution >= 4 is 28.9 Å². The zero-order chi connectivity index (χ0) is 21.1. The molecule has 0 spiro atoms. The van der Waals surface area contributed by atoms with Crippen molar-refractivity contribution in [2.75, 3.05) is 5.32 Å². The lowest BCUT2D eigenvalue weighted by atomic mass is 10.2. The van der Waals surface area contributed by atoms with Crippen LogP contribution in [0.3, 0.4) is 0 Å². The van der Waals surface area contributed by atoms with E-state index < -0.39 is 35.2 Å². The quantitative estimate of drug-likeness (QED) is 0.460. The number of carbonyl (C=O) groups is 1. The van der Waals surface area contributed by atoms with Gasteiger partial charge in [0.2, 0.25) is 11.6 Å². The summed E-state index contributed by atoms with van der Waals surface area (Å²) in [5, 5.41) is 21.8. The van der Waals surface area contributed by atoms with E-state index in [0.717, 1.165) is 10.2 Å². The number of anilines is 1. The van der Waals surface area contributed by atoms with Crippen molar-refractivity contribution in [1.29, 1.82) is 0 Å². The van der Waals surface area contributed by atoms with Crippen LogP contribution in [0.25, 0.3) is 0 Å². The first-order chi connectivity index (χ1) is 13.7. The Kier molecular flexibility index (Phi) is 5.87. The number of benzene rings is 1. The smallest absolute Gasteiger partial charge is 0.319 e. The van der Waals surface area contributed by atoms with Gasteiger partial charge in [-0.2, -0.15) is 10.2 Å². The van der Waals surface area contributed by atoms with Gasteiger partial charge in [0, 0.05) is 11.9 Å². The van der Waals surface area contributed by atoms with Gasteiger partial charge in [0.05, 0.1) is 22.7 Å². The number of halogens is 3. The molecule has 0 aliphatic rings. The maximum Gasteiger partial charge on any atom is 0.319 e. The number of nitrogens with one attached hydrogen (secondary N) is 1. The minimum Gasteiger partial charge on any atom is -0.324 e. The molecule has 0 atom stereocenters. The summed E-state index contributed by atoms with van der Waals surface area (Å²) >= 11 is 5.83. The Balaban J connectivity index is 1.72. The minimum atomic E-state index is -3.12. The summed E-state index contributed by atoms with van der Waals surface area (Å²) in [5.74, 6) is -0.564. The lowest BCUT2D eigenvalue weighted by Gasteiger charge is -2.08. The third kappa shape index (κ3) is 4.74. The fourth-order valence-electron chi connectivity index (χ4n) is 2.78. The van der Waals surface area contributed by atoms with Crippen LogP contribution in [0.2, 0.25) is 5.02 Å². The third-order valence-corrected chi connectivity index (χ3v) is 4.24. The minimum absolute atomic E-state index is 0.121. The van der Waals surface area contributed by atoms with Gasteiger partial charge in [0.25, 0.3) is 6.43 Å². The number of hydrogen-bond donors (Lipinski definition) is 1. The van der Waals surface area contributed by atoms with Gasteiger partial charge in [-0.3, -0.25) is 24.3 Å². The van der Waals surface area contributed by atoms with E-state index >= 15 is 0 Å². The molecular formula is C17H15ClF2N6O3. The van der Waals surface area contributed by atoms with E-state index in [1.807, 2.05) is 6.07 Å². The Morgan fingerprint density at radius 1 is 1.41 bits per heavy atom. The van der Waals surface area contributed by atoms with Gasteiger partial charge in [0.1, 0.15) is 12.2 Å². The number of hydrogen-bond acceptors (Lipinski definition) is 5. The van der Waals surface area contributed by atoms with Crippen LogP contribution in [-0.4, -0.2) is 30.4 Å². The van der Waals surface area contributed by atoms with Crippen molar-refractivity contribution in [1.82, 2.24) is 19.6 Å². The lowest BCUT2D eigenvalue weighted by Crippen LogP contribution is -2.20. The summed E-state index contributed by atoms with van der Waals surface area (Å²) in [6.07, 6.45) is 0.0404. The Morgan fingerprint density at radius 2 is 2.17 bits per heavy atom. The first-order valence-corrected chi connectivity index (χ1v) is 8.69. The second-order valence-electron chi connectivity index (χ2n) is 6.14. The molecule has 1 aromatic carbocycles. The Hall–Kier alpha value is -3.34. The van der Waals surface area contributed by atoms with Crippen LogP contribution in [0.5, 0.6) is 0 Å². The molecule has 3 aromatic rings. The lowest BCUT2D eigenvalue weighted by molar-refractivity contribution is -0.386. The summed E-state index contributed by atoms with van der Waals surface area (Å²) in [7, 11) is 0. The monoisotopic (exact) mass is 424 g/mol. The molecule has 0 bridgehead atoms. The predicted molar refractivity (Wildman–Crippen MR) is 100.0 cm³/mol. The molecule has 2 heterocycles. The van der Waals surface area contributed by atoms with Crippen LogP contribution in [0, 0.1) is 17.0 Å². The number of amides is 1. The van der Waals surface area contributed by atoms with Crippen LogP contribution in [0.4, 0.5) is 20.2 Å². The average molecular weight is 425 g/mol. The molecule has 1 amide bonds. The van der Waals surface area contributed by atoms with Gasteiger partial charge in [0.15, 0.2) is 0 Å². The highest BCUT2D eigenvalue weighted by Gasteiger charge is 2.31. The molecule has 29 heavy (non-hydrogen) atoms. The molecule has 152 valence electrons. The molecule has 9 nitrogen and oxygen atoms in total. The molecule has 1 N–H and O–H groups in total. The molecule has 3 rings (SSSR count). The average Bonchev–Trinajstić information content (AvgIpc) is 3.18. The molecule has 0 aliphatic carbocycles. The highest BCUT2D eigenvalue weighted by atomic mass is 35.5. The van der Waals surface area contributed by atoms with Crippen molar-refractivity contribution in [3.05, 3.63) is 68.7 Å². The Bertz CT molecular complexity index is 1070. The van der Waals surface area contributed by atoms with Crippen LogP contribution >= 0.6 is 11.6 Å². The van der Waals surface area contributed by atoms with E-state index in [9.17, 15) is 23.7 Å². The van der Waals surface area contributed by atoms with E-state index in [-0.39, 0.29) is 5.69 Å². The maximum absolute atomic E-state index is 13.0. The van der Waals surface area contributed by atoms with Crippen LogP contribution in [0.15, 0.2) is 36.7 Å². The van der Waals surface area contributed by atoms with Gasteiger partial charge in [-0.25, -0.2) is 8.78 Å². The molecule has 12 heteroatoms. The normalized spacial score (nSPS) is 11.1. The molecule has 0 saturated carbocycles. The number of alkyl halides is 2. The number of carbonyl (C=O) groups excluding carboxylic acids is 1. The SMILES string of the molecule is Cc1c([N+](=O)[O-])c(C(F)F)nn1CC(=O)Nc1cccc(Cn2cc(Cl)cn2)c1. The van der Waals surface area contributed by atoms with Gasteiger partial charge >= 0.3 is 5.69 Å². The van der Waals surface area contributed by atoms with E-state index in [4.69, 9.17) is 11.6 Å². The standard InChI is InChI=1S/C17H15ClF2N6O3/c1-10-16(26(28)29)15(17(19)20)23-25(10)9-14(27)22-13-4-2-3-11(5-13)7-24-8-12(18)6-21-24/h2-6,8,17H,7,9H2,1H3,(H,22,27). The Labute approximate surface area is 168 Å². The van der Waals surface area contributed by atoms with Gasteiger partial charge < -0.3 is 5.32 Å². The van der Waals surface area contributed by atoms with Crippen molar-refractivity contribution in [3.63, 3.8) is 0 Å². The highest BCUT2D eigenvalue weighted by Crippen LogP contribution is 2.30. The van der Waals surface area contributed by atoms with Gasteiger partial charge in [-0.15, -0.1) is 0 Å². The van der Waals surface area contributed by atoms with Crippen molar-refractivity contribution in [2.24, 2.45) is 0 Å². The fourth-order valence-corrected chi connectivity index (χ4v) is 2.94. The molecule has 2 aromatic heterocycles. The Morgan fingerprint density at radius 3 is 2.76 bits per heavy atom. The molecule has 0 unspecified atom stereocenters. The van der Waals surface area contributed by atoms with Crippen LogP contribution in [-0.2, 0) is 17.9 Å². The largest absolute Gasteiger partial charge is 0.324 e. The zero-order valence-electron chi connectivity index (χ0n) is 15.1. The molecule has 0 fully saturated rings. The van der Waals surface area contributed by atoms with E-state index in [1.165, 1.54) is 13.1 Å². The molecule has 0 aliphatic heterocycles.